The fraction of sp³-hybridized carbons (Fsp3) is 0.500. The average Bonchev–Trinajstić information content (AvgIpc) is 2.72. The number of pyridine rings is 1. The van der Waals surface area contributed by atoms with E-state index in [2.05, 4.69) is 40.6 Å². The molecule has 2 N–H and O–H groups in total. The number of nitrogens with one attached hydrogen (secondary N) is 1. The molecule has 1 aromatic carbocycles. The van der Waals surface area contributed by atoms with E-state index >= 15 is 0 Å². The van der Waals surface area contributed by atoms with Crippen molar-refractivity contribution in [3.8, 4) is 0 Å². The number of rotatable bonds is 5. The minimum absolute atomic E-state index is 0.148. The molecule has 4 aliphatic carbocycles. The van der Waals surface area contributed by atoms with Gasteiger partial charge in [0.2, 0.25) is 5.91 Å². The van der Waals surface area contributed by atoms with Crippen LogP contribution < -0.4 is 5.32 Å². The first kappa shape index (κ1) is 17.9. The number of amides is 1. The summed E-state index contributed by atoms with van der Waals surface area (Å²) in [6.45, 7) is 0.262. The average molecular weight is 377 g/mol. The summed E-state index contributed by atoms with van der Waals surface area (Å²) in [7, 11) is 0. The molecule has 4 bridgehead atoms. The van der Waals surface area contributed by atoms with Crippen molar-refractivity contribution in [1.82, 2.24) is 10.3 Å². The van der Waals surface area contributed by atoms with E-state index in [1.807, 2.05) is 0 Å². The molecule has 1 heterocycles. The van der Waals surface area contributed by atoms with Crippen molar-refractivity contribution in [3.05, 3.63) is 66.0 Å². The Morgan fingerprint density at radius 1 is 1.07 bits per heavy atom. The molecule has 3 unspecified atom stereocenters. The maximum absolute atomic E-state index is 13.4. The summed E-state index contributed by atoms with van der Waals surface area (Å²) in [6.07, 6.45) is 9.35. The highest BCUT2D eigenvalue weighted by Gasteiger charge is 2.60. The molecule has 0 radical (unpaired) electrons. The van der Waals surface area contributed by atoms with Gasteiger partial charge in [-0.1, -0.05) is 30.3 Å². The lowest BCUT2D eigenvalue weighted by molar-refractivity contribution is -0.149. The van der Waals surface area contributed by atoms with Crippen LogP contribution in [0.1, 0.15) is 55.8 Å². The summed E-state index contributed by atoms with van der Waals surface area (Å²) in [5.74, 6) is 1.45. The Labute approximate surface area is 166 Å². The molecule has 4 nitrogen and oxygen atoms in total. The molecule has 0 spiro atoms. The lowest BCUT2D eigenvalue weighted by atomic mass is 9.42. The normalized spacial score (nSPS) is 34.2. The van der Waals surface area contributed by atoms with Gasteiger partial charge in [-0.15, -0.1) is 0 Å². The van der Waals surface area contributed by atoms with Gasteiger partial charge in [-0.05, 0) is 79.0 Å². The number of aromatic nitrogens is 1. The van der Waals surface area contributed by atoms with Crippen molar-refractivity contribution in [2.45, 2.75) is 50.0 Å². The summed E-state index contributed by atoms with van der Waals surface area (Å²) < 4.78 is 0. The second-order valence-electron chi connectivity index (χ2n) is 9.39. The van der Waals surface area contributed by atoms with E-state index in [1.54, 1.807) is 24.5 Å². The van der Waals surface area contributed by atoms with Crippen molar-refractivity contribution >= 4 is 5.91 Å². The predicted octanol–water partition coefficient (Wildman–Crippen LogP) is 3.77. The quantitative estimate of drug-likeness (QED) is 0.835. The van der Waals surface area contributed by atoms with E-state index in [9.17, 15) is 9.90 Å². The van der Waals surface area contributed by atoms with Crippen LogP contribution in [0.15, 0.2) is 54.9 Å². The van der Waals surface area contributed by atoms with Crippen LogP contribution in [-0.4, -0.2) is 22.5 Å². The molecule has 4 heteroatoms. The third-order valence-corrected chi connectivity index (χ3v) is 7.48. The van der Waals surface area contributed by atoms with Crippen LogP contribution in [0.4, 0.5) is 0 Å². The van der Waals surface area contributed by atoms with Crippen LogP contribution in [0.25, 0.3) is 0 Å². The molecule has 4 fully saturated rings. The van der Waals surface area contributed by atoms with Gasteiger partial charge in [0.1, 0.15) is 0 Å². The van der Waals surface area contributed by atoms with Crippen LogP contribution in [0.5, 0.6) is 0 Å². The van der Waals surface area contributed by atoms with Crippen LogP contribution in [0, 0.1) is 17.3 Å². The van der Waals surface area contributed by atoms with E-state index in [1.165, 1.54) is 24.8 Å². The maximum atomic E-state index is 13.4. The topological polar surface area (TPSA) is 62.2 Å². The predicted molar refractivity (Wildman–Crippen MR) is 107 cm³/mol. The van der Waals surface area contributed by atoms with Gasteiger partial charge >= 0.3 is 0 Å². The van der Waals surface area contributed by atoms with Gasteiger partial charge < -0.3 is 10.4 Å². The lowest BCUT2D eigenvalue weighted by Gasteiger charge is -2.61. The van der Waals surface area contributed by atoms with Crippen LogP contribution >= 0.6 is 0 Å². The number of hydrogen-bond donors (Lipinski definition) is 2. The van der Waals surface area contributed by atoms with Crippen molar-refractivity contribution in [3.63, 3.8) is 0 Å². The summed E-state index contributed by atoms with van der Waals surface area (Å²) in [5, 5.41) is 13.5. The molecule has 4 aliphatic rings. The summed E-state index contributed by atoms with van der Waals surface area (Å²) in [5.41, 5.74) is 2.10. The number of aliphatic hydroxyl groups excluding tert-OH is 1. The highest BCUT2D eigenvalue weighted by Crippen LogP contribution is 2.65. The van der Waals surface area contributed by atoms with Gasteiger partial charge in [0.15, 0.2) is 0 Å². The largest absolute Gasteiger partial charge is 0.387 e. The second-order valence-corrected chi connectivity index (χ2v) is 9.39. The van der Waals surface area contributed by atoms with E-state index in [0.717, 1.165) is 24.8 Å². The molecule has 0 aliphatic heterocycles. The van der Waals surface area contributed by atoms with Crippen molar-refractivity contribution in [2.75, 3.05) is 6.54 Å². The maximum Gasteiger partial charge on any atom is 0.226 e. The first-order valence-corrected chi connectivity index (χ1v) is 10.5. The van der Waals surface area contributed by atoms with Crippen LogP contribution in [-0.2, 0) is 10.2 Å². The van der Waals surface area contributed by atoms with Crippen LogP contribution in [0.2, 0.25) is 0 Å². The molecule has 1 amide bonds. The molecule has 4 saturated carbocycles. The highest BCUT2D eigenvalue weighted by molar-refractivity contribution is 5.83. The SMILES string of the molecule is O=C(NCC(O)c1ccncc1)C12CC3CC(C1)CC(c1ccccc1)(C3)C2. The molecular weight excluding hydrogens is 348 g/mol. The Morgan fingerprint density at radius 2 is 1.75 bits per heavy atom. The van der Waals surface area contributed by atoms with Crippen molar-refractivity contribution in [1.29, 1.82) is 0 Å². The Hall–Kier alpha value is -2.20. The Kier molecular flexibility index (Phi) is 4.27. The molecule has 2 aromatic rings. The van der Waals surface area contributed by atoms with Gasteiger partial charge in [0.05, 0.1) is 11.5 Å². The standard InChI is InChI=1S/C24H28N2O2/c27-21(19-6-8-25-9-7-19)15-26-22(28)24-13-17-10-18(14-24)12-23(11-17,16-24)20-4-2-1-3-5-20/h1-9,17-18,21,27H,10-16H2,(H,26,28). The number of aliphatic hydroxyl groups is 1. The molecule has 0 saturated heterocycles. The van der Waals surface area contributed by atoms with Gasteiger partial charge in [0.25, 0.3) is 0 Å². The highest BCUT2D eigenvalue weighted by atomic mass is 16.3. The fourth-order valence-electron chi connectivity index (χ4n) is 6.74. The van der Waals surface area contributed by atoms with Gasteiger partial charge in [-0.25, -0.2) is 0 Å². The number of hydrogen-bond acceptors (Lipinski definition) is 3. The first-order valence-electron chi connectivity index (χ1n) is 10.5. The monoisotopic (exact) mass is 376 g/mol. The van der Waals surface area contributed by atoms with E-state index in [0.29, 0.717) is 11.8 Å². The molecule has 146 valence electrons. The zero-order valence-corrected chi connectivity index (χ0v) is 16.2. The Balaban J connectivity index is 1.35. The number of benzene rings is 1. The van der Waals surface area contributed by atoms with E-state index in [-0.39, 0.29) is 23.3 Å². The Morgan fingerprint density at radius 3 is 2.43 bits per heavy atom. The molecule has 28 heavy (non-hydrogen) atoms. The zero-order chi connectivity index (χ0) is 19.2. The molecular formula is C24H28N2O2. The van der Waals surface area contributed by atoms with E-state index < -0.39 is 6.10 Å². The van der Waals surface area contributed by atoms with Crippen LogP contribution in [0.3, 0.4) is 0 Å². The van der Waals surface area contributed by atoms with E-state index in [4.69, 9.17) is 0 Å². The van der Waals surface area contributed by atoms with Crippen molar-refractivity contribution in [2.24, 2.45) is 17.3 Å². The summed E-state index contributed by atoms with van der Waals surface area (Å²) >= 11 is 0. The molecule has 1 aromatic heterocycles. The number of carbonyl (C=O) groups is 1. The van der Waals surface area contributed by atoms with Crippen molar-refractivity contribution < 1.29 is 9.90 Å². The Bertz CT molecular complexity index is 837. The molecule has 3 atom stereocenters. The third kappa shape index (κ3) is 2.95. The lowest BCUT2D eigenvalue weighted by Crippen LogP contribution is -2.59. The molecule has 6 rings (SSSR count). The number of nitrogens with zero attached hydrogens (tertiary/aromatic N) is 1. The number of carbonyl (C=O) groups excluding carboxylic acids is 1. The first-order chi connectivity index (χ1) is 13.6. The van der Waals surface area contributed by atoms with Gasteiger partial charge in [-0.2, -0.15) is 0 Å². The minimum atomic E-state index is -0.691. The minimum Gasteiger partial charge on any atom is -0.387 e. The fourth-order valence-corrected chi connectivity index (χ4v) is 6.74. The summed E-state index contributed by atoms with van der Waals surface area (Å²) in [4.78, 5) is 17.4. The zero-order valence-electron chi connectivity index (χ0n) is 16.2. The smallest absolute Gasteiger partial charge is 0.226 e. The van der Waals surface area contributed by atoms with Gasteiger partial charge in [-0.3, -0.25) is 9.78 Å². The van der Waals surface area contributed by atoms with Gasteiger partial charge in [0, 0.05) is 18.9 Å². The third-order valence-electron chi connectivity index (χ3n) is 7.48. The second kappa shape index (κ2) is 6.70. The summed E-state index contributed by atoms with van der Waals surface area (Å²) in [6, 6.07) is 14.4.